The smallest absolute Gasteiger partial charge is 0.329 e. The van der Waals surface area contributed by atoms with E-state index in [0.717, 1.165) is 5.56 Å². The number of methoxy groups -OCH3 is 1. The Morgan fingerprint density at radius 1 is 0.968 bits per heavy atom. The Kier molecular flexibility index (Phi) is 7.31. The molecule has 0 atom stereocenters. The zero-order valence-corrected chi connectivity index (χ0v) is 16.7. The third-order valence-corrected chi connectivity index (χ3v) is 4.11. The SMILES string of the molecule is COc1ccc(NC(=O)C(=O)N/N=C\c2cccc(OCc3ccc(F)cc3)c2)cc1. The molecule has 2 N–H and O–H groups in total. The molecule has 7 nitrogen and oxygen atoms in total. The summed E-state index contributed by atoms with van der Waals surface area (Å²) < 4.78 is 23.7. The van der Waals surface area contributed by atoms with E-state index in [9.17, 15) is 14.0 Å². The predicted molar refractivity (Wildman–Crippen MR) is 115 cm³/mol. The van der Waals surface area contributed by atoms with Crippen LogP contribution >= 0.6 is 0 Å². The lowest BCUT2D eigenvalue weighted by atomic mass is 10.2. The molecule has 158 valence electrons. The molecule has 0 aromatic heterocycles. The molecule has 0 aliphatic carbocycles. The molecule has 0 unspecified atom stereocenters. The average Bonchev–Trinajstić information content (AvgIpc) is 2.79. The van der Waals surface area contributed by atoms with Gasteiger partial charge in [0.1, 0.15) is 23.9 Å². The van der Waals surface area contributed by atoms with Gasteiger partial charge in [-0.3, -0.25) is 9.59 Å². The van der Waals surface area contributed by atoms with Crippen LogP contribution in [0, 0.1) is 5.82 Å². The van der Waals surface area contributed by atoms with Gasteiger partial charge < -0.3 is 14.8 Å². The van der Waals surface area contributed by atoms with Crippen LogP contribution in [0.25, 0.3) is 0 Å². The topological polar surface area (TPSA) is 89.0 Å². The highest BCUT2D eigenvalue weighted by atomic mass is 19.1. The van der Waals surface area contributed by atoms with Crippen LogP contribution < -0.4 is 20.2 Å². The van der Waals surface area contributed by atoms with Crippen molar-refractivity contribution in [3.63, 3.8) is 0 Å². The van der Waals surface area contributed by atoms with Gasteiger partial charge in [0.25, 0.3) is 0 Å². The Balaban J connectivity index is 1.50. The maximum atomic E-state index is 13.0. The number of hydrazone groups is 1. The number of hydrogen-bond donors (Lipinski definition) is 2. The van der Waals surface area contributed by atoms with Gasteiger partial charge in [-0.15, -0.1) is 0 Å². The van der Waals surface area contributed by atoms with Gasteiger partial charge in [0.05, 0.1) is 13.3 Å². The lowest BCUT2D eigenvalue weighted by Gasteiger charge is -2.07. The van der Waals surface area contributed by atoms with Crippen LogP contribution in [0.15, 0.2) is 77.9 Å². The molecular formula is C23H20FN3O4. The molecule has 0 radical (unpaired) electrons. The molecule has 3 aromatic rings. The number of anilines is 1. The van der Waals surface area contributed by atoms with Crippen molar-refractivity contribution in [1.82, 2.24) is 5.43 Å². The fraction of sp³-hybridized carbons (Fsp3) is 0.0870. The second-order valence-electron chi connectivity index (χ2n) is 6.37. The standard InChI is InChI=1S/C23H20FN3O4/c1-30-20-11-9-19(10-12-20)26-22(28)23(29)27-25-14-17-3-2-4-21(13-17)31-15-16-5-7-18(24)8-6-16/h2-14H,15H2,1H3,(H,26,28)(H,27,29)/b25-14-. The summed E-state index contributed by atoms with van der Waals surface area (Å²) in [5, 5.41) is 6.26. The number of nitrogens with zero attached hydrogens (tertiary/aromatic N) is 1. The first-order chi connectivity index (χ1) is 15.0. The number of benzene rings is 3. The number of halogens is 1. The van der Waals surface area contributed by atoms with Crippen LogP contribution in [-0.2, 0) is 16.2 Å². The molecule has 0 spiro atoms. The largest absolute Gasteiger partial charge is 0.497 e. The van der Waals surface area contributed by atoms with E-state index in [1.54, 1.807) is 60.7 Å². The van der Waals surface area contributed by atoms with Gasteiger partial charge in [-0.25, -0.2) is 9.82 Å². The normalized spacial score (nSPS) is 10.5. The zero-order valence-electron chi connectivity index (χ0n) is 16.7. The Hall–Kier alpha value is -4.20. The third kappa shape index (κ3) is 6.67. The predicted octanol–water partition coefficient (Wildman–Crippen LogP) is 3.50. The highest BCUT2D eigenvalue weighted by Gasteiger charge is 2.12. The molecule has 0 heterocycles. The number of rotatable bonds is 7. The average molecular weight is 421 g/mol. The van der Waals surface area contributed by atoms with Gasteiger partial charge >= 0.3 is 11.8 Å². The summed E-state index contributed by atoms with van der Waals surface area (Å²) >= 11 is 0. The maximum absolute atomic E-state index is 13.0. The second kappa shape index (κ2) is 10.5. The van der Waals surface area contributed by atoms with Gasteiger partial charge in [-0.1, -0.05) is 24.3 Å². The van der Waals surface area contributed by atoms with E-state index >= 15 is 0 Å². The minimum Gasteiger partial charge on any atom is -0.497 e. The van der Waals surface area contributed by atoms with Crippen molar-refractivity contribution in [2.24, 2.45) is 5.10 Å². The fourth-order valence-corrected chi connectivity index (χ4v) is 2.51. The quantitative estimate of drug-likeness (QED) is 0.347. The van der Waals surface area contributed by atoms with Crippen molar-refractivity contribution in [1.29, 1.82) is 0 Å². The van der Waals surface area contributed by atoms with E-state index in [4.69, 9.17) is 9.47 Å². The van der Waals surface area contributed by atoms with Crippen LogP contribution in [0.2, 0.25) is 0 Å². The number of carbonyl (C=O) groups excluding carboxylic acids is 2. The summed E-state index contributed by atoms with van der Waals surface area (Å²) in [6, 6.07) is 19.6. The molecule has 0 saturated heterocycles. The maximum Gasteiger partial charge on any atom is 0.329 e. The summed E-state index contributed by atoms with van der Waals surface area (Å²) in [4.78, 5) is 23.8. The van der Waals surface area contributed by atoms with Gasteiger partial charge in [0, 0.05) is 5.69 Å². The van der Waals surface area contributed by atoms with E-state index in [-0.39, 0.29) is 12.4 Å². The molecular weight excluding hydrogens is 401 g/mol. The number of amides is 2. The van der Waals surface area contributed by atoms with Crippen molar-refractivity contribution < 1.29 is 23.5 Å². The number of carbonyl (C=O) groups is 2. The third-order valence-electron chi connectivity index (χ3n) is 4.11. The summed E-state index contributed by atoms with van der Waals surface area (Å²) in [6.45, 7) is 0.281. The van der Waals surface area contributed by atoms with Crippen LogP contribution in [0.3, 0.4) is 0 Å². The van der Waals surface area contributed by atoms with Gasteiger partial charge in [0.2, 0.25) is 0 Å². The molecule has 3 rings (SSSR count). The lowest BCUT2D eigenvalue weighted by Crippen LogP contribution is -2.32. The van der Waals surface area contributed by atoms with Crippen molar-refractivity contribution in [3.8, 4) is 11.5 Å². The molecule has 0 fully saturated rings. The summed E-state index contributed by atoms with van der Waals surface area (Å²) in [7, 11) is 1.53. The zero-order chi connectivity index (χ0) is 22.1. The number of hydrogen-bond acceptors (Lipinski definition) is 5. The minimum atomic E-state index is -0.907. The molecule has 0 aliphatic rings. The molecule has 0 aliphatic heterocycles. The first-order valence-electron chi connectivity index (χ1n) is 9.29. The molecule has 0 bridgehead atoms. The van der Waals surface area contributed by atoms with E-state index in [1.165, 1.54) is 25.5 Å². The fourth-order valence-electron chi connectivity index (χ4n) is 2.51. The Morgan fingerprint density at radius 2 is 1.71 bits per heavy atom. The van der Waals surface area contributed by atoms with Crippen molar-refractivity contribution in [2.75, 3.05) is 12.4 Å². The van der Waals surface area contributed by atoms with Gasteiger partial charge in [0.15, 0.2) is 0 Å². The first-order valence-corrected chi connectivity index (χ1v) is 9.29. The summed E-state index contributed by atoms with van der Waals surface area (Å²) in [5.41, 5.74) is 4.12. The van der Waals surface area contributed by atoms with E-state index in [2.05, 4.69) is 15.8 Å². The Labute approximate surface area is 178 Å². The van der Waals surface area contributed by atoms with Gasteiger partial charge in [-0.2, -0.15) is 5.10 Å². The lowest BCUT2D eigenvalue weighted by molar-refractivity contribution is -0.136. The summed E-state index contributed by atoms with van der Waals surface area (Å²) in [6.07, 6.45) is 1.39. The Bertz CT molecular complexity index is 1070. The molecule has 31 heavy (non-hydrogen) atoms. The van der Waals surface area contributed by atoms with Crippen molar-refractivity contribution in [2.45, 2.75) is 6.61 Å². The van der Waals surface area contributed by atoms with Crippen LogP contribution in [-0.4, -0.2) is 25.1 Å². The van der Waals surface area contributed by atoms with Crippen LogP contribution in [0.1, 0.15) is 11.1 Å². The van der Waals surface area contributed by atoms with Crippen LogP contribution in [0.4, 0.5) is 10.1 Å². The van der Waals surface area contributed by atoms with Crippen molar-refractivity contribution >= 4 is 23.7 Å². The van der Waals surface area contributed by atoms with Crippen LogP contribution in [0.5, 0.6) is 11.5 Å². The molecule has 2 amide bonds. The van der Waals surface area contributed by atoms with E-state index in [1.807, 2.05) is 0 Å². The molecule has 8 heteroatoms. The van der Waals surface area contributed by atoms with E-state index in [0.29, 0.717) is 22.7 Å². The number of nitrogens with one attached hydrogen (secondary N) is 2. The number of ether oxygens (including phenoxy) is 2. The van der Waals surface area contributed by atoms with Gasteiger partial charge in [-0.05, 0) is 59.7 Å². The Morgan fingerprint density at radius 3 is 2.42 bits per heavy atom. The molecule has 0 saturated carbocycles. The first kappa shape index (κ1) is 21.5. The van der Waals surface area contributed by atoms with E-state index < -0.39 is 11.8 Å². The second-order valence-corrected chi connectivity index (χ2v) is 6.37. The highest BCUT2D eigenvalue weighted by Crippen LogP contribution is 2.15. The molecule has 3 aromatic carbocycles. The monoisotopic (exact) mass is 421 g/mol. The highest BCUT2D eigenvalue weighted by molar-refractivity contribution is 6.39. The minimum absolute atomic E-state index is 0.281. The summed E-state index contributed by atoms with van der Waals surface area (Å²) in [5.74, 6) is -0.844. The van der Waals surface area contributed by atoms with Crippen molar-refractivity contribution in [3.05, 3.63) is 89.7 Å².